The summed E-state index contributed by atoms with van der Waals surface area (Å²) in [6.07, 6.45) is 1.97. The van der Waals surface area contributed by atoms with Gasteiger partial charge in [0.05, 0.1) is 12.5 Å². The molecule has 0 saturated heterocycles. The van der Waals surface area contributed by atoms with Gasteiger partial charge in [-0.1, -0.05) is 0 Å². The molecule has 1 aromatic rings. The van der Waals surface area contributed by atoms with Gasteiger partial charge in [-0.25, -0.2) is 17.6 Å². The number of aryl methyl sites for hydroxylation is 1. The van der Waals surface area contributed by atoms with Crippen molar-refractivity contribution in [3.8, 4) is 5.75 Å². The highest BCUT2D eigenvalue weighted by molar-refractivity contribution is 7.88. The zero-order valence-corrected chi connectivity index (χ0v) is 9.55. The quantitative estimate of drug-likeness (QED) is 0.609. The predicted octanol–water partition coefficient (Wildman–Crippen LogP) is 0.723. The molecular formula is C9H11FN2O3S. The predicted molar refractivity (Wildman–Crippen MR) is 58.4 cm³/mol. The molecule has 0 aliphatic rings. The second kappa shape index (κ2) is 4.48. The number of rotatable bonds is 3. The number of aromatic hydroxyl groups is 1. The summed E-state index contributed by atoms with van der Waals surface area (Å²) in [5.41, 5.74) is 0.699. The molecule has 0 radical (unpaired) electrons. The van der Waals surface area contributed by atoms with Crippen LogP contribution >= 0.6 is 0 Å². The summed E-state index contributed by atoms with van der Waals surface area (Å²) in [4.78, 5) is 1.84. The average molecular weight is 246 g/mol. The van der Waals surface area contributed by atoms with Crippen molar-refractivity contribution in [2.45, 2.75) is 6.92 Å². The fourth-order valence-electron chi connectivity index (χ4n) is 1.05. The molecule has 1 aromatic carbocycles. The van der Waals surface area contributed by atoms with Gasteiger partial charge in [0.25, 0.3) is 0 Å². The highest BCUT2D eigenvalue weighted by atomic mass is 32.2. The first-order chi connectivity index (χ1) is 7.29. The summed E-state index contributed by atoms with van der Waals surface area (Å²) < 4.78 is 34.4. The van der Waals surface area contributed by atoms with Gasteiger partial charge in [0.1, 0.15) is 0 Å². The molecule has 0 aromatic heterocycles. The van der Waals surface area contributed by atoms with Crippen LogP contribution in [0, 0.1) is 12.7 Å². The van der Waals surface area contributed by atoms with Gasteiger partial charge in [-0.15, -0.1) is 0 Å². The van der Waals surface area contributed by atoms with Crippen molar-refractivity contribution in [2.24, 2.45) is 5.10 Å². The van der Waals surface area contributed by atoms with E-state index in [-0.39, 0.29) is 5.56 Å². The van der Waals surface area contributed by atoms with Gasteiger partial charge in [0, 0.05) is 5.56 Å². The minimum absolute atomic E-state index is 0.105. The Morgan fingerprint density at radius 1 is 1.50 bits per heavy atom. The fourth-order valence-corrected chi connectivity index (χ4v) is 1.30. The van der Waals surface area contributed by atoms with Crippen LogP contribution in [0.2, 0.25) is 0 Å². The largest absolute Gasteiger partial charge is 0.504 e. The van der Waals surface area contributed by atoms with Crippen LogP contribution in [0.15, 0.2) is 17.2 Å². The van der Waals surface area contributed by atoms with E-state index in [4.69, 9.17) is 0 Å². The number of benzene rings is 1. The summed E-state index contributed by atoms with van der Waals surface area (Å²) in [6.45, 7) is 1.64. The first-order valence-corrected chi connectivity index (χ1v) is 6.17. The van der Waals surface area contributed by atoms with Crippen LogP contribution in [0.4, 0.5) is 4.39 Å². The van der Waals surface area contributed by atoms with E-state index in [9.17, 15) is 17.9 Å². The van der Waals surface area contributed by atoms with Crippen molar-refractivity contribution in [3.05, 3.63) is 29.1 Å². The Kier molecular flexibility index (Phi) is 3.48. The number of sulfonamides is 1. The highest BCUT2D eigenvalue weighted by Crippen LogP contribution is 2.21. The molecule has 0 aliphatic carbocycles. The number of halogens is 1. The van der Waals surface area contributed by atoms with Crippen LogP contribution in [-0.2, 0) is 10.0 Å². The molecule has 0 amide bonds. The molecule has 0 saturated carbocycles. The van der Waals surface area contributed by atoms with E-state index in [2.05, 4.69) is 5.10 Å². The van der Waals surface area contributed by atoms with Gasteiger partial charge in [0.15, 0.2) is 11.6 Å². The second-order valence-corrected chi connectivity index (χ2v) is 5.03. The smallest absolute Gasteiger partial charge is 0.244 e. The van der Waals surface area contributed by atoms with Crippen LogP contribution in [0.5, 0.6) is 5.75 Å². The summed E-state index contributed by atoms with van der Waals surface area (Å²) >= 11 is 0. The Balaban J connectivity index is 2.98. The number of hydrogen-bond donors (Lipinski definition) is 2. The zero-order chi connectivity index (χ0) is 12.3. The summed E-state index contributed by atoms with van der Waals surface area (Å²) in [6, 6.07) is 2.64. The standard InChI is InChI=1S/C9H11FN2O3S/c1-6-3-7(9(13)8(10)4-6)5-11-12-16(2,14)15/h3-5,12-13H,1-2H3/b11-5+. The molecular weight excluding hydrogens is 235 g/mol. The number of phenolic OH excluding ortho intramolecular Hbond substituents is 1. The van der Waals surface area contributed by atoms with Gasteiger partial charge in [-0.2, -0.15) is 5.10 Å². The van der Waals surface area contributed by atoms with Crippen molar-refractivity contribution in [1.29, 1.82) is 0 Å². The maximum absolute atomic E-state index is 13.1. The van der Waals surface area contributed by atoms with Gasteiger partial charge in [-0.3, -0.25) is 0 Å². The van der Waals surface area contributed by atoms with Gasteiger partial charge >= 0.3 is 0 Å². The van der Waals surface area contributed by atoms with Crippen LogP contribution in [-0.4, -0.2) is 26.0 Å². The molecule has 0 bridgehead atoms. The van der Waals surface area contributed by atoms with E-state index in [1.165, 1.54) is 6.07 Å². The lowest BCUT2D eigenvalue weighted by atomic mass is 10.1. The Labute approximate surface area is 92.7 Å². The van der Waals surface area contributed by atoms with Crippen LogP contribution in [0.3, 0.4) is 0 Å². The Morgan fingerprint density at radius 2 is 2.12 bits per heavy atom. The van der Waals surface area contributed by atoms with Gasteiger partial charge in [0.2, 0.25) is 10.0 Å². The molecule has 1 rings (SSSR count). The van der Waals surface area contributed by atoms with E-state index < -0.39 is 21.6 Å². The Morgan fingerprint density at radius 3 is 2.69 bits per heavy atom. The number of nitrogens with one attached hydrogen (secondary N) is 1. The van der Waals surface area contributed by atoms with E-state index in [0.29, 0.717) is 5.56 Å². The van der Waals surface area contributed by atoms with Crippen molar-refractivity contribution < 1.29 is 17.9 Å². The normalized spacial score (nSPS) is 11.9. The molecule has 2 N–H and O–H groups in total. The summed E-state index contributed by atoms with van der Waals surface area (Å²) in [7, 11) is -3.45. The van der Waals surface area contributed by atoms with Crippen molar-refractivity contribution in [2.75, 3.05) is 6.26 Å². The molecule has 0 heterocycles. The lowest BCUT2D eigenvalue weighted by Crippen LogP contribution is -2.15. The highest BCUT2D eigenvalue weighted by Gasteiger charge is 2.06. The SMILES string of the molecule is Cc1cc(F)c(O)c(/C=N/NS(C)(=O)=O)c1. The van der Waals surface area contributed by atoms with Crippen molar-refractivity contribution >= 4 is 16.2 Å². The Bertz CT molecular complexity index is 526. The molecule has 0 spiro atoms. The number of nitrogens with zero attached hydrogens (tertiary/aromatic N) is 1. The second-order valence-electron chi connectivity index (χ2n) is 3.31. The zero-order valence-electron chi connectivity index (χ0n) is 8.73. The third kappa shape index (κ3) is 3.50. The van der Waals surface area contributed by atoms with Crippen LogP contribution < -0.4 is 4.83 Å². The Hall–Kier alpha value is -1.63. The maximum Gasteiger partial charge on any atom is 0.244 e. The monoisotopic (exact) mass is 246 g/mol. The van der Waals surface area contributed by atoms with Gasteiger partial charge < -0.3 is 5.11 Å². The third-order valence-electron chi connectivity index (χ3n) is 1.66. The topological polar surface area (TPSA) is 78.8 Å². The van der Waals surface area contributed by atoms with Crippen molar-refractivity contribution in [1.82, 2.24) is 4.83 Å². The fraction of sp³-hybridized carbons (Fsp3) is 0.222. The minimum Gasteiger partial charge on any atom is -0.504 e. The first-order valence-electron chi connectivity index (χ1n) is 4.28. The molecule has 0 atom stereocenters. The van der Waals surface area contributed by atoms with Crippen molar-refractivity contribution in [3.63, 3.8) is 0 Å². The average Bonchev–Trinajstić information content (AvgIpc) is 2.11. The maximum atomic E-state index is 13.1. The molecule has 0 fully saturated rings. The van der Waals surface area contributed by atoms with Gasteiger partial charge in [-0.05, 0) is 24.6 Å². The first kappa shape index (κ1) is 12.4. The van der Waals surface area contributed by atoms with Crippen LogP contribution in [0.1, 0.15) is 11.1 Å². The number of hydrazone groups is 1. The third-order valence-corrected chi connectivity index (χ3v) is 2.10. The molecule has 0 unspecified atom stereocenters. The lowest BCUT2D eigenvalue weighted by Gasteiger charge is -2.02. The molecule has 7 heteroatoms. The number of phenols is 1. The lowest BCUT2D eigenvalue weighted by molar-refractivity contribution is 0.431. The summed E-state index contributed by atoms with van der Waals surface area (Å²) in [5, 5.41) is 12.7. The van der Waals surface area contributed by atoms with Crippen LogP contribution in [0.25, 0.3) is 0 Å². The van der Waals surface area contributed by atoms with E-state index in [1.54, 1.807) is 6.92 Å². The van der Waals surface area contributed by atoms with E-state index in [1.807, 2.05) is 4.83 Å². The number of hydrogen-bond acceptors (Lipinski definition) is 4. The summed E-state index contributed by atoms with van der Waals surface area (Å²) in [5.74, 6) is -1.34. The minimum atomic E-state index is -3.45. The molecule has 16 heavy (non-hydrogen) atoms. The molecule has 5 nitrogen and oxygen atoms in total. The molecule has 88 valence electrons. The van der Waals surface area contributed by atoms with E-state index in [0.717, 1.165) is 18.5 Å². The molecule has 0 aliphatic heterocycles. The van der Waals surface area contributed by atoms with E-state index >= 15 is 0 Å².